The number of rotatable bonds is 2. The Hall–Kier alpha value is -3.26. The van der Waals surface area contributed by atoms with Crippen LogP contribution in [0.4, 0.5) is 0 Å². The van der Waals surface area contributed by atoms with Crippen molar-refractivity contribution in [1.82, 2.24) is 0 Å². The van der Waals surface area contributed by atoms with Crippen LogP contribution >= 0.6 is 0 Å². The molecule has 2 heteroatoms. The van der Waals surface area contributed by atoms with Crippen molar-refractivity contribution in [3.05, 3.63) is 85.1 Å². The molecular formula is C22H14O2. The summed E-state index contributed by atoms with van der Waals surface area (Å²) < 4.78 is 11.9. The number of hydrogen-bond acceptors (Lipinski definition) is 2. The van der Waals surface area contributed by atoms with E-state index in [0.717, 1.165) is 44.4 Å². The third-order valence-corrected chi connectivity index (χ3v) is 4.36. The van der Waals surface area contributed by atoms with Crippen LogP contribution < -0.4 is 0 Å². The molecule has 24 heavy (non-hydrogen) atoms. The van der Waals surface area contributed by atoms with Crippen LogP contribution in [0.15, 0.2) is 94.0 Å². The van der Waals surface area contributed by atoms with Gasteiger partial charge in [0.1, 0.15) is 16.9 Å². The molecule has 2 aromatic heterocycles. The molecule has 0 unspecified atom stereocenters. The summed E-state index contributed by atoms with van der Waals surface area (Å²) in [7, 11) is 0. The molecule has 114 valence electrons. The Morgan fingerprint density at radius 3 is 2.08 bits per heavy atom. The van der Waals surface area contributed by atoms with Crippen LogP contribution in [0.25, 0.3) is 44.4 Å². The lowest BCUT2D eigenvalue weighted by Crippen LogP contribution is -1.80. The lowest BCUT2D eigenvalue weighted by Gasteiger charge is -2.03. The normalized spacial score (nSPS) is 11.3. The van der Waals surface area contributed by atoms with Gasteiger partial charge in [-0.15, -0.1) is 0 Å². The van der Waals surface area contributed by atoms with Crippen molar-refractivity contribution in [2.45, 2.75) is 0 Å². The predicted molar refractivity (Wildman–Crippen MR) is 96.9 cm³/mol. The molecule has 0 N–H and O–H groups in total. The summed E-state index contributed by atoms with van der Waals surface area (Å²) >= 11 is 0. The fraction of sp³-hybridized carbons (Fsp3) is 0. The highest BCUT2D eigenvalue weighted by atomic mass is 16.3. The van der Waals surface area contributed by atoms with E-state index in [-0.39, 0.29) is 0 Å². The third-order valence-electron chi connectivity index (χ3n) is 4.36. The van der Waals surface area contributed by atoms with E-state index in [1.807, 2.05) is 48.5 Å². The van der Waals surface area contributed by atoms with E-state index in [4.69, 9.17) is 8.83 Å². The van der Waals surface area contributed by atoms with Gasteiger partial charge in [-0.05, 0) is 23.8 Å². The fourth-order valence-corrected chi connectivity index (χ4v) is 3.24. The maximum atomic E-state index is 6.28. The van der Waals surface area contributed by atoms with Gasteiger partial charge in [0.25, 0.3) is 0 Å². The van der Waals surface area contributed by atoms with Gasteiger partial charge in [-0.1, -0.05) is 60.7 Å². The first-order valence-electron chi connectivity index (χ1n) is 7.95. The summed E-state index contributed by atoms with van der Waals surface area (Å²) in [6, 6.07) is 26.7. The molecule has 0 fully saturated rings. The van der Waals surface area contributed by atoms with Crippen molar-refractivity contribution in [2.75, 3.05) is 0 Å². The molecule has 0 aliphatic heterocycles. The van der Waals surface area contributed by atoms with E-state index in [0.29, 0.717) is 0 Å². The molecule has 0 aliphatic carbocycles. The fourth-order valence-electron chi connectivity index (χ4n) is 3.24. The van der Waals surface area contributed by atoms with Crippen molar-refractivity contribution in [1.29, 1.82) is 0 Å². The Morgan fingerprint density at radius 1 is 0.625 bits per heavy atom. The monoisotopic (exact) mass is 310 g/mol. The van der Waals surface area contributed by atoms with Crippen LogP contribution in [0.5, 0.6) is 0 Å². The molecule has 0 radical (unpaired) electrons. The molecule has 5 aromatic rings. The van der Waals surface area contributed by atoms with Gasteiger partial charge in [0.05, 0.1) is 6.26 Å². The van der Waals surface area contributed by atoms with Gasteiger partial charge in [0.2, 0.25) is 0 Å². The van der Waals surface area contributed by atoms with Crippen LogP contribution in [0, 0.1) is 0 Å². The Bertz CT molecular complexity index is 1130. The standard InChI is InChI=1S/C22H14O2/c1-3-7-15(8-4-1)21-18-14-19-17(11-12-23-19)13-20(18)24-22(21)16-9-5-2-6-10-16/h1-14H. The summed E-state index contributed by atoms with van der Waals surface area (Å²) in [5, 5.41) is 2.12. The second-order valence-electron chi connectivity index (χ2n) is 5.85. The highest BCUT2D eigenvalue weighted by Crippen LogP contribution is 2.42. The quantitative estimate of drug-likeness (QED) is 0.371. The third kappa shape index (κ3) is 1.97. The van der Waals surface area contributed by atoms with Crippen LogP contribution in [0.1, 0.15) is 0 Å². The molecule has 5 rings (SSSR count). The average molecular weight is 310 g/mol. The maximum Gasteiger partial charge on any atom is 0.143 e. The van der Waals surface area contributed by atoms with E-state index in [2.05, 4.69) is 30.3 Å². The topological polar surface area (TPSA) is 26.3 Å². The maximum absolute atomic E-state index is 6.28. The molecule has 2 heterocycles. The Morgan fingerprint density at radius 2 is 1.33 bits per heavy atom. The van der Waals surface area contributed by atoms with Crippen LogP contribution in [-0.4, -0.2) is 0 Å². The summed E-state index contributed by atoms with van der Waals surface area (Å²) in [4.78, 5) is 0. The van der Waals surface area contributed by atoms with Crippen molar-refractivity contribution in [3.8, 4) is 22.5 Å². The van der Waals surface area contributed by atoms with E-state index in [1.54, 1.807) is 6.26 Å². The molecule has 2 nitrogen and oxygen atoms in total. The highest BCUT2D eigenvalue weighted by molar-refractivity contribution is 6.06. The SMILES string of the molecule is c1ccc(-c2oc3cc4ccoc4cc3c2-c2ccccc2)cc1. The Balaban J connectivity index is 1.90. The molecule has 0 bridgehead atoms. The Labute approximate surface area is 138 Å². The van der Waals surface area contributed by atoms with Gasteiger partial charge in [-0.25, -0.2) is 0 Å². The molecule has 0 amide bonds. The molecule has 0 saturated carbocycles. The minimum Gasteiger partial charge on any atom is -0.464 e. The number of furan rings is 2. The van der Waals surface area contributed by atoms with Crippen molar-refractivity contribution in [3.63, 3.8) is 0 Å². The second kappa shape index (κ2) is 5.14. The minimum absolute atomic E-state index is 0.875. The molecule has 0 aliphatic rings. The van der Waals surface area contributed by atoms with Crippen molar-refractivity contribution >= 4 is 21.9 Å². The first-order valence-corrected chi connectivity index (χ1v) is 7.95. The van der Waals surface area contributed by atoms with Gasteiger partial charge in [0, 0.05) is 21.9 Å². The molecule has 0 spiro atoms. The second-order valence-corrected chi connectivity index (χ2v) is 5.85. The molecule has 0 saturated heterocycles. The molecular weight excluding hydrogens is 296 g/mol. The minimum atomic E-state index is 0.875. The van der Waals surface area contributed by atoms with Crippen molar-refractivity contribution < 1.29 is 8.83 Å². The number of hydrogen-bond donors (Lipinski definition) is 0. The van der Waals surface area contributed by atoms with Crippen LogP contribution in [0.2, 0.25) is 0 Å². The Kier molecular flexibility index (Phi) is 2.83. The van der Waals surface area contributed by atoms with Gasteiger partial charge < -0.3 is 8.83 Å². The van der Waals surface area contributed by atoms with E-state index >= 15 is 0 Å². The largest absolute Gasteiger partial charge is 0.464 e. The van der Waals surface area contributed by atoms with Gasteiger partial charge >= 0.3 is 0 Å². The summed E-state index contributed by atoms with van der Waals surface area (Å²) in [6.45, 7) is 0. The summed E-state index contributed by atoms with van der Waals surface area (Å²) in [5.41, 5.74) is 5.07. The number of benzene rings is 3. The number of fused-ring (bicyclic) bond motifs is 2. The van der Waals surface area contributed by atoms with Crippen LogP contribution in [0.3, 0.4) is 0 Å². The van der Waals surface area contributed by atoms with Crippen molar-refractivity contribution in [2.24, 2.45) is 0 Å². The lowest BCUT2D eigenvalue weighted by molar-refractivity contribution is 0.615. The smallest absolute Gasteiger partial charge is 0.143 e. The zero-order valence-corrected chi connectivity index (χ0v) is 12.9. The first-order chi connectivity index (χ1) is 11.9. The molecule has 3 aromatic carbocycles. The van der Waals surface area contributed by atoms with Gasteiger partial charge in [-0.2, -0.15) is 0 Å². The zero-order valence-electron chi connectivity index (χ0n) is 12.9. The first kappa shape index (κ1) is 13.2. The van der Waals surface area contributed by atoms with E-state index in [9.17, 15) is 0 Å². The van der Waals surface area contributed by atoms with E-state index < -0.39 is 0 Å². The predicted octanol–water partition coefficient (Wildman–Crippen LogP) is 6.51. The van der Waals surface area contributed by atoms with Gasteiger partial charge in [-0.3, -0.25) is 0 Å². The highest BCUT2D eigenvalue weighted by Gasteiger charge is 2.18. The van der Waals surface area contributed by atoms with E-state index in [1.165, 1.54) is 0 Å². The molecule has 0 atom stereocenters. The summed E-state index contributed by atoms with van der Waals surface area (Å²) in [5.74, 6) is 0.893. The zero-order chi connectivity index (χ0) is 15.9. The van der Waals surface area contributed by atoms with Gasteiger partial charge in [0.15, 0.2) is 0 Å². The average Bonchev–Trinajstić information content (AvgIpc) is 3.24. The lowest BCUT2D eigenvalue weighted by atomic mass is 9.98. The summed E-state index contributed by atoms with van der Waals surface area (Å²) in [6.07, 6.45) is 1.71. The van der Waals surface area contributed by atoms with Crippen LogP contribution in [-0.2, 0) is 0 Å².